The number of hydrogen-bond donors (Lipinski definition) is 1. The number of aliphatic hydroxyl groups excluding tert-OH is 1. The first-order chi connectivity index (χ1) is 14.3. The highest BCUT2D eigenvalue weighted by atomic mass is 32.2. The highest BCUT2D eigenvalue weighted by Gasteiger charge is 2.30. The minimum Gasteiger partial charge on any atom is -0.457 e. The molecule has 0 aromatic heterocycles. The minimum absolute atomic E-state index is 0.0327. The van der Waals surface area contributed by atoms with Crippen LogP contribution in [0.2, 0.25) is 0 Å². The molecule has 1 saturated heterocycles. The summed E-state index contributed by atoms with van der Waals surface area (Å²) < 4.78 is 37.4. The quantitative estimate of drug-likeness (QED) is 0.596. The summed E-state index contributed by atoms with van der Waals surface area (Å²) in [5, 5.41) is 10.3. The van der Waals surface area contributed by atoms with Crippen molar-refractivity contribution in [1.82, 2.24) is 4.90 Å². The summed E-state index contributed by atoms with van der Waals surface area (Å²) in [5.74, 6) is 0.500. The zero-order chi connectivity index (χ0) is 21.3. The molecule has 0 radical (unpaired) electrons. The number of halogens is 2. The van der Waals surface area contributed by atoms with Gasteiger partial charge in [-0.15, -0.1) is 0 Å². The predicted octanol–water partition coefficient (Wildman–Crippen LogP) is 6.07. The lowest BCUT2D eigenvalue weighted by molar-refractivity contribution is 0.0174. The number of fused-ring (bicyclic) bond motifs is 1. The summed E-state index contributed by atoms with van der Waals surface area (Å²) in [6.45, 7) is 4.57. The molecule has 0 saturated carbocycles. The van der Waals surface area contributed by atoms with E-state index in [1.807, 2.05) is 24.3 Å². The van der Waals surface area contributed by atoms with Crippen molar-refractivity contribution in [3.8, 4) is 11.5 Å². The average molecular weight is 433 g/mol. The van der Waals surface area contributed by atoms with Gasteiger partial charge in [0.25, 0.3) is 5.92 Å². The van der Waals surface area contributed by atoms with Crippen LogP contribution in [0.4, 0.5) is 8.78 Å². The van der Waals surface area contributed by atoms with Crippen LogP contribution in [0.15, 0.2) is 52.9 Å². The fraction of sp³-hybridized carbons (Fsp3) is 0.391. The lowest BCUT2D eigenvalue weighted by atomic mass is 9.89. The van der Waals surface area contributed by atoms with Crippen LogP contribution in [-0.2, 0) is 5.92 Å². The molecule has 4 rings (SSSR count). The van der Waals surface area contributed by atoms with E-state index in [-0.39, 0.29) is 11.5 Å². The van der Waals surface area contributed by atoms with Gasteiger partial charge in [-0.1, -0.05) is 12.1 Å². The van der Waals surface area contributed by atoms with Gasteiger partial charge in [0.15, 0.2) is 0 Å². The molecule has 1 N–H and O–H groups in total. The standard InChI is InChI=1S/C23H26F2N2O2S/c1-16(28)30-15-14-27-13-3-4-21(22(27)26-30)17-5-9-19(10-6-17)29-20-11-7-18(8-12-20)23(2,24)25/h5-12,21,28H,3-4,13-15H2,1-2H3. The number of alkyl halides is 2. The van der Waals surface area contributed by atoms with Crippen LogP contribution in [0, 0.1) is 0 Å². The number of rotatable bonds is 4. The Hall–Kier alpha value is -2.25. The number of benzene rings is 2. The highest BCUT2D eigenvalue weighted by molar-refractivity contribution is 8.14. The van der Waals surface area contributed by atoms with Crippen molar-refractivity contribution in [1.29, 1.82) is 0 Å². The van der Waals surface area contributed by atoms with Crippen molar-refractivity contribution in [2.24, 2.45) is 4.40 Å². The molecular weight excluding hydrogens is 406 g/mol. The van der Waals surface area contributed by atoms with Crippen molar-refractivity contribution in [2.75, 3.05) is 18.8 Å². The van der Waals surface area contributed by atoms with E-state index >= 15 is 0 Å². The molecule has 0 aliphatic carbocycles. The second-order valence-electron chi connectivity index (χ2n) is 7.80. The second kappa shape index (κ2) is 8.47. The Morgan fingerprint density at radius 2 is 1.73 bits per heavy atom. The molecule has 0 bridgehead atoms. The SMILES string of the molecule is C/C(O)=S1\CCN2CCCC(c3ccc(Oc4ccc(C(C)(F)F)cc4)cc3)C2=N1. The topological polar surface area (TPSA) is 45.1 Å². The Morgan fingerprint density at radius 3 is 2.33 bits per heavy atom. The summed E-state index contributed by atoms with van der Waals surface area (Å²) in [7, 11) is -0.408. The van der Waals surface area contributed by atoms with E-state index in [2.05, 4.69) is 4.90 Å². The lowest BCUT2D eigenvalue weighted by Crippen LogP contribution is -2.43. The predicted molar refractivity (Wildman–Crippen MR) is 119 cm³/mol. The summed E-state index contributed by atoms with van der Waals surface area (Å²) in [6.07, 6.45) is 2.15. The molecule has 2 unspecified atom stereocenters. The van der Waals surface area contributed by atoms with Crippen molar-refractivity contribution in [2.45, 2.75) is 38.5 Å². The van der Waals surface area contributed by atoms with E-state index in [1.165, 1.54) is 17.7 Å². The van der Waals surface area contributed by atoms with E-state index < -0.39 is 16.6 Å². The van der Waals surface area contributed by atoms with Gasteiger partial charge in [0, 0.05) is 37.2 Å². The first kappa shape index (κ1) is 21.0. The van der Waals surface area contributed by atoms with Crippen molar-refractivity contribution >= 4 is 21.6 Å². The summed E-state index contributed by atoms with van der Waals surface area (Å²) >= 11 is 0. The Kier molecular flexibility index (Phi) is 5.93. The monoisotopic (exact) mass is 432 g/mol. The van der Waals surface area contributed by atoms with Crippen molar-refractivity contribution in [3.63, 3.8) is 0 Å². The zero-order valence-corrected chi connectivity index (χ0v) is 18.0. The molecule has 2 aliphatic rings. The smallest absolute Gasteiger partial charge is 0.270 e. The van der Waals surface area contributed by atoms with Gasteiger partial charge >= 0.3 is 0 Å². The number of amidine groups is 1. The van der Waals surface area contributed by atoms with Gasteiger partial charge in [-0.2, -0.15) is 0 Å². The van der Waals surface area contributed by atoms with E-state index in [9.17, 15) is 13.9 Å². The van der Waals surface area contributed by atoms with Crippen LogP contribution in [0.3, 0.4) is 0 Å². The van der Waals surface area contributed by atoms with Crippen molar-refractivity contribution in [3.05, 3.63) is 59.7 Å². The number of piperidine rings is 1. The van der Waals surface area contributed by atoms with Crippen LogP contribution < -0.4 is 4.74 Å². The Labute approximate surface area is 178 Å². The van der Waals surface area contributed by atoms with Gasteiger partial charge < -0.3 is 14.7 Å². The zero-order valence-electron chi connectivity index (χ0n) is 17.1. The summed E-state index contributed by atoms with van der Waals surface area (Å²) in [6, 6.07) is 13.8. The molecule has 160 valence electrons. The van der Waals surface area contributed by atoms with Gasteiger partial charge in [0.2, 0.25) is 0 Å². The van der Waals surface area contributed by atoms with Crippen molar-refractivity contribution < 1.29 is 18.6 Å². The molecule has 30 heavy (non-hydrogen) atoms. The molecular formula is C23H26F2N2O2S. The number of aliphatic hydroxyl groups is 1. The fourth-order valence-electron chi connectivity index (χ4n) is 3.90. The van der Waals surface area contributed by atoms with Gasteiger partial charge in [-0.05, 0) is 72.4 Å². The second-order valence-corrected chi connectivity index (χ2v) is 9.71. The van der Waals surface area contributed by atoms with E-state index in [0.717, 1.165) is 44.4 Å². The molecule has 7 heteroatoms. The Balaban J connectivity index is 1.51. The molecule has 2 aliphatic heterocycles. The Bertz CT molecular complexity index is 962. The molecule has 2 heterocycles. The number of hydrogen-bond acceptors (Lipinski definition) is 3. The molecule has 0 spiro atoms. The van der Waals surface area contributed by atoms with Gasteiger partial charge in [0.05, 0.1) is 5.05 Å². The van der Waals surface area contributed by atoms with Gasteiger partial charge in [-0.25, -0.2) is 13.2 Å². The fourth-order valence-corrected chi connectivity index (χ4v) is 5.28. The maximum atomic E-state index is 13.4. The summed E-state index contributed by atoms with van der Waals surface area (Å²) in [4.78, 5) is 2.34. The van der Waals surface area contributed by atoms with Crippen LogP contribution >= 0.6 is 10.7 Å². The molecule has 2 atom stereocenters. The molecule has 2 aromatic rings. The first-order valence-electron chi connectivity index (χ1n) is 10.1. The average Bonchev–Trinajstić information content (AvgIpc) is 2.73. The van der Waals surface area contributed by atoms with Gasteiger partial charge in [0.1, 0.15) is 17.3 Å². The molecule has 1 fully saturated rings. The number of nitrogens with zero attached hydrogens (tertiary/aromatic N) is 2. The maximum absolute atomic E-state index is 13.4. The van der Waals surface area contributed by atoms with E-state index in [4.69, 9.17) is 9.13 Å². The normalized spacial score (nSPS) is 22.2. The van der Waals surface area contributed by atoms with Crippen LogP contribution in [0.1, 0.15) is 43.7 Å². The van der Waals surface area contributed by atoms with Crippen LogP contribution in [0.25, 0.3) is 0 Å². The van der Waals surface area contributed by atoms with Gasteiger partial charge in [-0.3, -0.25) is 0 Å². The molecule has 2 aromatic carbocycles. The third-order valence-electron chi connectivity index (χ3n) is 5.54. The molecule has 4 nitrogen and oxygen atoms in total. The third kappa shape index (κ3) is 4.57. The van der Waals surface area contributed by atoms with E-state index in [1.54, 1.807) is 19.1 Å². The maximum Gasteiger partial charge on any atom is 0.270 e. The van der Waals surface area contributed by atoms with Crippen LogP contribution in [-0.4, -0.2) is 39.7 Å². The highest BCUT2D eigenvalue weighted by Crippen LogP contribution is 2.36. The first-order valence-corrected chi connectivity index (χ1v) is 11.5. The largest absolute Gasteiger partial charge is 0.457 e. The minimum atomic E-state index is -2.86. The van der Waals surface area contributed by atoms with Crippen LogP contribution in [0.5, 0.6) is 11.5 Å². The lowest BCUT2D eigenvalue weighted by Gasteiger charge is -2.39. The molecule has 0 amide bonds. The van der Waals surface area contributed by atoms with E-state index in [0.29, 0.717) is 16.5 Å². The third-order valence-corrected chi connectivity index (χ3v) is 7.19. The number of ether oxygens (including phenoxy) is 1. The summed E-state index contributed by atoms with van der Waals surface area (Å²) in [5.41, 5.74) is 1.14. The Morgan fingerprint density at radius 1 is 1.10 bits per heavy atom.